The first-order valence-corrected chi connectivity index (χ1v) is 4.99. The third kappa shape index (κ3) is 3.36. The second kappa shape index (κ2) is 7.47. The number of hydrogen-bond acceptors (Lipinski definition) is 1. The summed E-state index contributed by atoms with van der Waals surface area (Å²) in [5.74, 6) is 1.03. The van der Waals surface area contributed by atoms with Gasteiger partial charge in [0.15, 0.2) is 6.20 Å². The fourth-order valence-electron chi connectivity index (χ4n) is 0.956. The summed E-state index contributed by atoms with van der Waals surface area (Å²) >= 11 is 0. The predicted molar refractivity (Wildman–Crippen MR) is 59.4 cm³/mol. The third-order valence-corrected chi connectivity index (χ3v) is 1.40. The molecule has 72 valence electrons. The maximum absolute atomic E-state index is 4.10. The van der Waals surface area contributed by atoms with Crippen LogP contribution in [0.4, 0.5) is 0 Å². The van der Waals surface area contributed by atoms with Crippen molar-refractivity contribution in [2.75, 3.05) is 0 Å². The predicted octanol–water partition coefficient (Wildman–Crippen LogP) is 2.97. The van der Waals surface area contributed by atoms with E-state index in [4.69, 9.17) is 0 Å². The summed E-state index contributed by atoms with van der Waals surface area (Å²) in [5.41, 5.74) is 0. The minimum atomic E-state index is 1.02. The molecule has 2 aliphatic heterocycles. The molecule has 0 spiro atoms. The highest BCUT2D eigenvalue weighted by molar-refractivity contribution is 5.92. The largest absolute Gasteiger partial charge is 0.327 e. The van der Waals surface area contributed by atoms with Gasteiger partial charge >= 0.3 is 5.84 Å². The summed E-state index contributed by atoms with van der Waals surface area (Å²) in [6.07, 6.45) is 11.0. The first-order chi connectivity index (χ1) is 6.47. The van der Waals surface area contributed by atoms with Gasteiger partial charge in [0.25, 0.3) is 0 Å². The quantitative estimate of drug-likeness (QED) is 0.508. The molecule has 2 rings (SSSR count). The molecule has 2 aliphatic rings. The first-order valence-electron chi connectivity index (χ1n) is 4.99. The van der Waals surface area contributed by atoms with Crippen LogP contribution in [0.1, 0.15) is 34.1 Å². The van der Waals surface area contributed by atoms with Crippen molar-refractivity contribution in [3.63, 3.8) is 0 Å². The fraction of sp³-hybridized carbons (Fsp3) is 0.455. The van der Waals surface area contributed by atoms with Gasteiger partial charge in [-0.1, -0.05) is 33.8 Å². The van der Waals surface area contributed by atoms with E-state index >= 15 is 0 Å². The maximum atomic E-state index is 4.10. The molecule has 0 aliphatic carbocycles. The van der Waals surface area contributed by atoms with Crippen molar-refractivity contribution in [1.82, 2.24) is 0 Å². The maximum Gasteiger partial charge on any atom is 0.327 e. The van der Waals surface area contributed by atoms with Crippen molar-refractivity contribution in [1.29, 1.82) is 0 Å². The van der Waals surface area contributed by atoms with Crippen molar-refractivity contribution in [2.45, 2.75) is 34.1 Å². The van der Waals surface area contributed by atoms with Crippen molar-refractivity contribution >= 4 is 12.1 Å². The number of hydrogen-bond donors (Lipinski definition) is 0. The zero-order valence-electron chi connectivity index (χ0n) is 8.99. The molecule has 0 saturated heterocycles. The molecule has 13 heavy (non-hydrogen) atoms. The lowest BCUT2D eigenvalue weighted by atomic mass is 10.3. The molecule has 0 aromatic heterocycles. The molecule has 0 atom stereocenters. The molecule has 0 fully saturated rings. The highest BCUT2D eigenvalue weighted by Gasteiger charge is 2.14. The molecular weight excluding hydrogens is 160 g/mol. The van der Waals surface area contributed by atoms with Gasteiger partial charge in [0, 0.05) is 12.5 Å². The normalized spacial score (nSPS) is 15.7. The van der Waals surface area contributed by atoms with E-state index in [9.17, 15) is 0 Å². The van der Waals surface area contributed by atoms with E-state index in [1.165, 1.54) is 0 Å². The Morgan fingerprint density at radius 3 is 2.54 bits per heavy atom. The van der Waals surface area contributed by atoms with Crippen LogP contribution in [0.25, 0.3) is 0 Å². The third-order valence-electron chi connectivity index (χ3n) is 1.40. The van der Waals surface area contributed by atoms with E-state index in [1.54, 1.807) is 0 Å². The zero-order valence-corrected chi connectivity index (χ0v) is 8.99. The van der Waals surface area contributed by atoms with Gasteiger partial charge in [0.1, 0.15) is 6.20 Å². The van der Waals surface area contributed by atoms with Crippen LogP contribution in [0.2, 0.25) is 0 Å². The Balaban J connectivity index is 0.000000322. The number of rotatable bonds is 0. The van der Waals surface area contributed by atoms with Crippen LogP contribution in [-0.4, -0.2) is 16.6 Å². The summed E-state index contributed by atoms with van der Waals surface area (Å²) in [4.78, 5) is 4.10. The van der Waals surface area contributed by atoms with Gasteiger partial charge in [0.2, 0.25) is 0 Å². The molecule has 0 amide bonds. The van der Waals surface area contributed by atoms with Crippen molar-refractivity contribution in [3.05, 3.63) is 24.6 Å². The summed E-state index contributed by atoms with van der Waals surface area (Å²) < 4.78 is 2.03. The van der Waals surface area contributed by atoms with Gasteiger partial charge in [-0.3, -0.25) is 0 Å². The van der Waals surface area contributed by atoms with Crippen molar-refractivity contribution in [3.8, 4) is 0 Å². The van der Waals surface area contributed by atoms with E-state index in [-0.39, 0.29) is 0 Å². The lowest BCUT2D eigenvalue weighted by Gasteiger charge is -1.94. The molecule has 0 unspecified atom stereocenters. The second-order valence-corrected chi connectivity index (χ2v) is 2.01. The van der Waals surface area contributed by atoms with Gasteiger partial charge in [-0.2, -0.15) is 0 Å². The van der Waals surface area contributed by atoms with E-state index in [1.807, 2.05) is 50.7 Å². The Morgan fingerprint density at radius 1 is 1.23 bits per heavy atom. The lowest BCUT2D eigenvalue weighted by Crippen LogP contribution is -2.13. The number of nitrogens with zero attached hydrogens (tertiary/aromatic N) is 2. The van der Waals surface area contributed by atoms with Gasteiger partial charge in [-0.05, 0) is 4.99 Å². The topological polar surface area (TPSA) is 15.4 Å². The van der Waals surface area contributed by atoms with Gasteiger partial charge < -0.3 is 0 Å². The average Bonchev–Trinajstić information content (AvgIpc) is 2.71. The average molecular weight is 179 g/mol. The van der Waals surface area contributed by atoms with Crippen LogP contribution in [0.15, 0.2) is 29.5 Å². The SMILES string of the molecule is C1=CC2=NC=C[N+]2=CC1.CC.CC. The van der Waals surface area contributed by atoms with Crippen LogP contribution < -0.4 is 0 Å². The summed E-state index contributed by atoms with van der Waals surface area (Å²) in [6.45, 7) is 8.00. The van der Waals surface area contributed by atoms with Crippen molar-refractivity contribution < 1.29 is 4.58 Å². The highest BCUT2D eigenvalue weighted by Crippen LogP contribution is 2.01. The Bertz CT molecular complexity index is 245. The van der Waals surface area contributed by atoms with E-state index in [0.29, 0.717) is 0 Å². The Kier molecular flexibility index (Phi) is 6.79. The van der Waals surface area contributed by atoms with E-state index in [2.05, 4.69) is 17.3 Å². The Labute approximate surface area is 81.0 Å². The summed E-state index contributed by atoms with van der Waals surface area (Å²) in [7, 11) is 0. The monoisotopic (exact) mass is 179 g/mol. The zero-order chi connectivity index (χ0) is 10.1. The Morgan fingerprint density at radius 2 is 1.92 bits per heavy atom. The lowest BCUT2D eigenvalue weighted by molar-refractivity contribution is -0.314. The number of aliphatic imine (C=N–C) groups is 1. The fourth-order valence-corrected chi connectivity index (χ4v) is 0.956. The van der Waals surface area contributed by atoms with Gasteiger partial charge in [-0.25, -0.2) is 4.58 Å². The number of fused-ring (bicyclic) bond motifs is 1. The van der Waals surface area contributed by atoms with Crippen LogP contribution in [-0.2, 0) is 0 Å². The van der Waals surface area contributed by atoms with Gasteiger partial charge in [0.05, 0.1) is 6.21 Å². The van der Waals surface area contributed by atoms with Crippen LogP contribution in [0.3, 0.4) is 0 Å². The summed E-state index contributed by atoms with van der Waals surface area (Å²) in [5, 5.41) is 0. The number of allylic oxidation sites excluding steroid dienone is 1. The first kappa shape index (κ1) is 11.8. The molecule has 0 aromatic carbocycles. The summed E-state index contributed by atoms with van der Waals surface area (Å²) in [6, 6.07) is 0. The standard InChI is InChI=1S/C7H7N2.2C2H6/c1-2-5-9-6-4-8-7(9)3-1;2*1-2/h1,3-6H,2H2;2*1-2H3/q+1;;. The van der Waals surface area contributed by atoms with Crippen molar-refractivity contribution in [2.24, 2.45) is 4.99 Å². The van der Waals surface area contributed by atoms with Gasteiger partial charge in [-0.15, -0.1) is 0 Å². The molecule has 0 bridgehead atoms. The molecule has 0 N–H and O–H groups in total. The van der Waals surface area contributed by atoms with Crippen LogP contribution in [0.5, 0.6) is 0 Å². The molecule has 2 heteroatoms. The highest BCUT2D eigenvalue weighted by atomic mass is 15.1. The van der Waals surface area contributed by atoms with E-state index < -0.39 is 0 Å². The molecular formula is C11H19N2+. The second-order valence-electron chi connectivity index (χ2n) is 2.01. The number of amidine groups is 1. The smallest absolute Gasteiger partial charge is 0.203 e. The molecule has 0 aromatic rings. The molecule has 2 nitrogen and oxygen atoms in total. The minimum Gasteiger partial charge on any atom is -0.203 e. The molecule has 2 heterocycles. The Hall–Kier alpha value is -1.18. The van der Waals surface area contributed by atoms with Crippen LogP contribution >= 0.6 is 0 Å². The van der Waals surface area contributed by atoms with E-state index in [0.717, 1.165) is 12.3 Å². The minimum absolute atomic E-state index is 1.02. The molecule has 0 saturated carbocycles. The van der Waals surface area contributed by atoms with Crippen LogP contribution in [0, 0.1) is 0 Å². The molecule has 0 radical (unpaired) electrons.